The SMILES string of the molecule is CC1(C)COCCN1Cc1ccc(C#CCN)s1. The van der Waals surface area contributed by atoms with Crippen LogP contribution < -0.4 is 5.73 Å². The molecular weight excluding hydrogens is 244 g/mol. The summed E-state index contributed by atoms with van der Waals surface area (Å²) in [5, 5.41) is 0. The van der Waals surface area contributed by atoms with Crippen LogP contribution in [0.15, 0.2) is 12.1 Å². The first-order chi connectivity index (χ1) is 8.62. The number of nitrogens with zero attached hydrogens (tertiary/aromatic N) is 1. The summed E-state index contributed by atoms with van der Waals surface area (Å²) < 4.78 is 5.54. The molecule has 0 radical (unpaired) electrons. The molecule has 1 fully saturated rings. The lowest BCUT2D eigenvalue weighted by Crippen LogP contribution is -2.52. The standard InChI is InChI=1S/C14H20N2OS/c1-14(2)11-17-9-8-16(14)10-13-6-5-12(18-13)4-3-7-15/h5-6H,7-11,15H2,1-2H3. The van der Waals surface area contributed by atoms with Gasteiger partial charge in [0, 0.05) is 23.5 Å². The van der Waals surface area contributed by atoms with E-state index in [4.69, 9.17) is 10.5 Å². The first-order valence-electron chi connectivity index (χ1n) is 6.22. The Morgan fingerprint density at radius 1 is 1.50 bits per heavy atom. The van der Waals surface area contributed by atoms with Gasteiger partial charge in [-0.3, -0.25) is 4.90 Å². The van der Waals surface area contributed by atoms with Crippen LogP contribution in [0.3, 0.4) is 0 Å². The van der Waals surface area contributed by atoms with Crippen LogP contribution in [0.4, 0.5) is 0 Å². The first kappa shape index (κ1) is 13.6. The van der Waals surface area contributed by atoms with Gasteiger partial charge in [0.15, 0.2) is 0 Å². The summed E-state index contributed by atoms with van der Waals surface area (Å²) in [4.78, 5) is 4.93. The number of ether oxygens (including phenoxy) is 1. The normalized spacial score (nSPS) is 19.3. The van der Waals surface area contributed by atoms with Gasteiger partial charge in [0.05, 0.1) is 24.6 Å². The van der Waals surface area contributed by atoms with E-state index >= 15 is 0 Å². The fourth-order valence-corrected chi connectivity index (χ4v) is 2.94. The Morgan fingerprint density at radius 3 is 3.06 bits per heavy atom. The predicted octanol–water partition coefficient (Wildman–Crippen LogP) is 1.67. The number of hydrogen-bond donors (Lipinski definition) is 1. The summed E-state index contributed by atoms with van der Waals surface area (Å²) in [6, 6.07) is 4.24. The molecule has 98 valence electrons. The molecule has 0 bridgehead atoms. The van der Waals surface area contributed by atoms with Crippen molar-refractivity contribution in [3.05, 3.63) is 21.9 Å². The zero-order chi connectivity index (χ0) is 13.0. The van der Waals surface area contributed by atoms with E-state index in [-0.39, 0.29) is 5.54 Å². The second-order valence-electron chi connectivity index (χ2n) is 5.06. The van der Waals surface area contributed by atoms with Crippen LogP contribution in [0.25, 0.3) is 0 Å². The third-order valence-electron chi connectivity index (χ3n) is 3.14. The minimum Gasteiger partial charge on any atom is -0.378 e. The number of hydrogen-bond acceptors (Lipinski definition) is 4. The molecule has 1 aliphatic rings. The molecule has 0 spiro atoms. The smallest absolute Gasteiger partial charge is 0.0772 e. The summed E-state index contributed by atoms with van der Waals surface area (Å²) in [6.45, 7) is 8.49. The molecule has 0 saturated carbocycles. The van der Waals surface area contributed by atoms with Crippen LogP contribution in [-0.4, -0.2) is 36.7 Å². The Morgan fingerprint density at radius 2 is 2.33 bits per heavy atom. The van der Waals surface area contributed by atoms with Gasteiger partial charge in [-0.05, 0) is 26.0 Å². The summed E-state index contributed by atoms with van der Waals surface area (Å²) >= 11 is 1.76. The molecule has 2 heterocycles. The van der Waals surface area contributed by atoms with E-state index in [9.17, 15) is 0 Å². The highest BCUT2D eigenvalue weighted by molar-refractivity contribution is 7.12. The van der Waals surface area contributed by atoms with Crippen molar-refractivity contribution in [2.45, 2.75) is 25.9 Å². The van der Waals surface area contributed by atoms with E-state index in [0.29, 0.717) is 6.54 Å². The fourth-order valence-electron chi connectivity index (χ4n) is 2.04. The van der Waals surface area contributed by atoms with Crippen molar-refractivity contribution >= 4 is 11.3 Å². The fraction of sp³-hybridized carbons (Fsp3) is 0.571. The van der Waals surface area contributed by atoms with E-state index in [0.717, 1.165) is 31.2 Å². The van der Waals surface area contributed by atoms with Gasteiger partial charge in [0.1, 0.15) is 0 Å². The quantitative estimate of drug-likeness (QED) is 0.826. The zero-order valence-electron chi connectivity index (χ0n) is 11.0. The van der Waals surface area contributed by atoms with Crippen LogP contribution in [0, 0.1) is 11.8 Å². The van der Waals surface area contributed by atoms with Gasteiger partial charge in [0.2, 0.25) is 0 Å². The van der Waals surface area contributed by atoms with Gasteiger partial charge in [-0.1, -0.05) is 11.8 Å². The van der Waals surface area contributed by atoms with Crippen molar-refractivity contribution in [3.8, 4) is 11.8 Å². The summed E-state index contributed by atoms with van der Waals surface area (Å²) in [7, 11) is 0. The Hall–Kier alpha value is -0.860. The number of rotatable bonds is 2. The minimum atomic E-state index is 0.116. The Kier molecular flexibility index (Phi) is 4.41. The second-order valence-corrected chi connectivity index (χ2v) is 6.23. The van der Waals surface area contributed by atoms with E-state index in [1.54, 1.807) is 11.3 Å². The maximum Gasteiger partial charge on any atom is 0.0772 e. The van der Waals surface area contributed by atoms with Crippen molar-refractivity contribution in [2.24, 2.45) is 5.73 Å². The lowest BCUT2D eigenvalue weighted by Gasteiger charge is -2.41. The van der Waals surface area contributed by atoms with Gasteiger partial charge >= 0.3 is 0 Å². The second kappa shape index (κ2) is 5.85. The Balaban J connectivity index is 2.02. The molecule has 4 heteroatoms. The van der Waals surface area contributed by atoms with Gasteiger partial charge in [-0.25, -0.2) is 0 Å². The summed E-state index contributed by atoms with van der Waals surface area (Å²) in [6.07, 6.45) is 0. The molecule has 1 aliphatic heterocycles. The predicted molar refractivity (Wildman–Crippen MR) is 75.6 cm³/mol. The van der Waals surface area contributed by atoms with Crippen molar-refractivity contribution in [1.82, 2.24) is 4.90 Å². The largest absolute Gasteiger partial charge is 0.378 e. The summed E-state index contributed by atoms with van der Waals surface area (Å²) in [5.41, 5.74) is 5.49. The molecule has 18 heavy (non-hydrogen) atoms. The summed E-state index contributed by atoms with van der Waals surface area (Å²) in [5.74, 6) is 5.98. The molecule has 1 aromatic rings. The maximum atomic E-state index is 5.54. The van der Waals surface area contributed by atoms with Crippen molar-refractivity contribution in [1.29, 1.82) is 0 Å². The van der Waals surface area contributed by atoms with E-state index in [1.807, 2.05) is 0 Å². The van der Waals surface area contributed by atoms with Crippen LogP contribution in [0.5, 0.6) is 0 Å². The number of nitrogens with two attached hydrogens (primary N) is 1. The molecule has 1 saturated heterocycles. The topological polar surface area (TPSA) is 38.5 Å². The monoisotopic (exact) mass is 264 g/mol. The van der Waals surface area contributed by atoms with Crippen LogP contribution >= 0.6 is 11.3 Å². The average Bonchev–Trinajstić information content (AvgIpc) is 2.77. The van der Waals surface area contributed by atoms with Crippen LogP contribution in [0.2, 0.25) is 0 Å². The maximum absolute atomic E-state index is 5.54. The Bertz CT molecular complexity index is 456. The number of thiophene rings is 1. The molecule has 2 rings (SSSR count). The van der Waals surface area contributed by atoms with Crippen molar-refractivity contribution in [3.63, 3.8) is 0 Å². The third kappa shape index (κ3) is 3.33. The molecule has 1 aromatic heterocycles. The molecule has 3 nitrogen and oxygen atoms in total. The molecule has 0 unspecified atom stereocenters. The molecule has 0 aromatic carbocycles. The molecule has 0 amide bonds. The molecule has 2 N–H and O–H groups in total. The molecule has 0 aliphatic carbocycles. The van der Waals surface area contributed by atoms with E-state index < -0.39 is 0 Å². The average molecular weight is 264 g/mol. The van der Waals surface area contributed by atoms with Crippen LogP contribution in [0.1, 0.15) is 23.6 Å². The first-order valence-corrected chi connectivity index (χ1v) is 7.04. The zero-order valence-corrected chi connectivity index (χ0v) is 11.8. The van der Waals surface area contributed by atoms with Gasteiger partial charge in [0.25, 0.3) is 0 Å². The lowest BCUT2D eigenvalue weighted by molar-refractivity contribution is -0.0548. The highest BCUT2D eigenvalue weighted by atomic mass is 32.1. The molecule has 0 atom stereocenters. The van der Waals surface area contributed by atoms with Crippen molar-refractivity contribution < 1.29 is 4.74 Å². The lowest BCUT2D eigenvalue weighted by atomic mass is 10.0. The minimum absolute atomic E-state index is 0.116. The van der Waals surface area contributed by atoms with E-state index in [1.165, 1.54) is 4.88 Å². The van der Waals surface area contributed by atoms with Crippen LogP contribution in [-0.2, 0) is 11.3 Å². The number of morpholine rings is 1. The van der Waals surface area contributed by atoms with E-state index in [2.05, 4.69) is 42.7 Å². The van der Waals surface area contributed by atoms with Gasteiger partial charge in [-0.15, -0.1) is 11.3 Å². The third-order valence-corrected chi connectivity index (χ3v) is 4.12. The molecular formula is C14H20N2OS. The van der Waals surface area contributed by atoms with Gasteiger partial charge in [-0.2, -0.15) is 0 Å². The van der Waals surface area contributed by atoms with Gasteiger partial charge < -0.3 is 10.5 Å². The highest BCUT2D eigenvalue weighted by Gasteiger charge is 2.30. The van der Waals surface area contributed by atoms with Crippen molar-refractivity contribution in [2.75, 3.05) is 26.3 Å². The Labute approximate surface area is 113 Å². The highest BCUT2D eigenvalue weighted by Crippen LogP contribution is 2.24.